The van der Waals surface area contributed by atoms with E-state index in [1.807, 2.05) is 29.3 Å². The van der Waals surface area contributed by atoms with Gasteiger partial charge in [0.25, 0.3) is 0 Å². The maximum atomic E-state index is 13.1. The van der Waals surface area contributed by atoms with Crippen molar-refractivity contribution < 1.29 is 9.32 Å². The second kappa shape index (κ2) is 6.27. The smallest absolute Gasteiger partial charge is 0.249 e. The van der Waals surface area contributed by atoms with Crippen molar-refractivity contribution in [1.29, 1.82) is 0 Å². The number of hydrogen-bond acceptors (Lipinski definition) is 4. The van der Waals surface area contributed by atoms with Crippen LogP contribution in [0.1, 0.15) is 61.3 Å². The summed E-state index contributed by atoms with van der Waals surface area (Å²) in [5, 5.41) is 5.25. The summed E-state index contributed by atoms with van der Waals surface area (Å²) in [6, 6.07) is 8.01. The summed E-state index contributed by atoms with van der Waals surface area (Å²) in [5.41, 5.74) is 2.11. The third kappa shape index (κ3) is 2.79. The molecule has 134 valence electrons. The molecule has 1 aliphatic carbocycles. The van der Waals surface area contributed by atoms with Crippen LogP contribution in [0.4, 0.5) is 0 Å². The van der Waals surface area contributed by atoms with Crippen molar-refractivity contribution >= 4 is 16.8 Å². The molecule has 2 fully saturated rings. The molecule has 1 amide bonds. The minimum absolute atomic E-state index is 0.0820. The van der Waals surface area contributed by atoms with Gasteiger partial charge in [-0.05, 0) is 43.7 Å². The standard InChI is InChI=1S/C20H22N4O2/c25-18(11-14-12-21-16-6-2-1-5-15(14)16)24-10-4-3-7-17(24)20-22-19(23-26-20)13-8-9-13/h1-2,5-6,12-13,17,21H,3-4,7-11H2. The highest BCUT2D eigenvalue weighted by molar-refractivity contribution is 5.89. The second-order valence-corrected chi connectivity index (χ2v) is 7.40. The molecular weight excluding hydrogens is 328 g/mol. The number of carbonyl (C=O) groups is 1. The average molecular weight is 350 g/mol. The second-order valence-electron chi connectivity index (χ2n) is 7.40. The van der Waals surface area contributed by atoms with Crippen molar-refractivity contribution in [3.63, 3.8) is 0 Å². The molecule has 1 saturated heterocycles. The van der Waals surface area contributed by atoms with Gasteiger partial charge in [0.1, 0.15) is 6.04 Å². The van der Waals surface area contributed by atoms with Crippen molar-refractivity contribution in [2.45, 2.75) is 50.5 Å². The molecule has 6 nitrogen and oxygen atoms in total. The van der Waals surface area contributed by atoms with Gasteiger partial charge < -0.3 is 14.4 Å². The zero-order valence-corrected chi connectivity index (χ0v) is 14.6. The normalized spacial score (nSPS) is 20.6. The van der Waals surface area contributed by atoms with Crippen LogP contribution in [0.25, 0.3) is 10.9 Å². The molecule has 1 aliphatic heterocycles. The zero-order valence-electron chi connectivity index (χ0n) is 14.6. The summed E-state index contributed by atoms with van der Waals surface area (Å²) in [4.78, 5) is 22.9. The van der Waals surface area contributed by atoms with E-state index in [0.717, 1.165) is 60.9 Å². The predicted octanol–water partition coefficient (Wildman–Crippen LogP) is 3.72. The van der Waals surface area contributed by atoms with Crippen molar-refractivity contribution in [1.82, 2.24) is 20.0 Å². The van der Waals surface area contributed by atoms with Gasteiger partial charge in [0.2, 0.25) is 11.8 Å². The van der Waals surface area contributed by atoms with Crippen LogP contribution in [0.3, 0.4) is 0 Å². The summed E-state index contributed by atoms with van der Waals surface area (Å²) in [7, 11) is 0. The molecule has 1 aromatic carbocycles. The summed E-state index contributed by atoms with van der Waals surface area (Å²) in [6.45, 7) is 0.757. The van der Waals surface area contributed by atoms with Gasteiger partial charge in [-0.15, -0.1) is 0 Å². The number of para-hydroxylation sites is 1. The summed E-state index contributed by atoms with van der Waals surface area (Å²) >= 11 is 0. The number of nitrogens with zero attached hydrogens (tertiary/aromatic N) is 3. The Morgan fingerprint density at radius 1 is 1.23 bits per heavy atom. The SMILES string of the molecule is O=C(Cc1c[nH]c2ccccc12)N1CCCCC1c1nc(C2CC2)no1. The average Bonchev–Trinajstić information content (AvgIpc) is 3.28. The number of rotatable bonds is 4. The molecule has 0 bridgehead atoms. The summed E-state index contributed by atoms with van der Waals surface area (Å²) in [6.07, 6.45) is 7.64. The van der Waals surface area contributed by atoms with E-state index in [4.69, 9.17) is 4.52 Å². The van der Waals surface area contributed by atoms with Gasteiger partial charge in [-0.3, -0.25) is 4.79 Å². The fraction of sp³-hybridized carbons (Fsp3) is 0.450. The van der Waals surface area contributed by atoms with Crippen molar-refractivity contribution in [2.24, 2.45) is 0 Å². The molecular formula is C20H22N4O2. The number of fused-ring (bicyclic) bond motifs is 1. The first kappa shape index (κ1) is 15.6. The molecule has 0 spiro atoms. The number of nitrogens with one attached hydrogen (secondary N) is 1. The van der Waals surface area contributed by atoms with E-state index in [2.05, 4.69) is 21.2 Å². The van der Waals surface area contributed by atoms with E-state index < -0.39 is 0 Å². The van der Waals surface area contributed by atoms with Crippen molar-refractivity contribution in [3.05, 3.63) is 47.7 Å². The van der Waals surface area contributed by atoms with Crippen LogP contribution in [-0.4, -0.2) is 32.5 Å². The molecule has 5 rings (SSSR count). The van der Waals surface area contributed by atoms with Crippen molar-refractivity contribution in [2.75, 3.05) is 6.54 Å². The highest BCUT2D eigenvalue weighted by atomic mass is 16.5. The van der Waals surface area contributed by atoms with Gasteiger partial charge in [-0.25, -0.2) is 0 Å². The molecule has 6 heteroatoms. The molecule has 26 heavy (non-hydrogen) atoms. The van der Waals surface area contributed by atoms with Crippen LogP contribution in [0.15, 0.2) is 35.0 Å². The van der Waals surface area contributed by atoms with Gasteiger partial charge in [0, 0.05) is 29.6 Å². The zero-order chi connectivity index (χ0) is 17.5. The highest BCUT2D eigenvalue weighted by Crippen LogP contribution is 2.39. The lowest BCUT2D eigenvalue weighted by Gasteiger charge is -2.33. The van der Waals surface area contributed by atoms with Crippen LogP contribution in [0.2, 0.25) is 0 Å². The third-order valence-corrected chi connectivity index (χ3v) is 5.52. The summed E-state index contributed by atoms with van der Waals surface area (Å²) in [5.74, 6) is 2.02. The lowest BCUT2D eigenvalue weighted by atomic mass is 10.0. The Morgan fingerprint density at radius 3 is 3.00 bits per heavy atom. The van der Waals surface area contributed by atoms with Crippen LogP contribution in [0, 0.1) is 0 Å². The minimum Gasteiger partial charge on any atom is -0.361 e. The Balaban J connectivity index is 1.38. The van der Waals surface area contributed by atoms with Crippen LogP contribution < -0.4 is 0 Å². The fourth-order valence-electron chi connectivity index (χ4n) is 3.92. The number of amides is 1. The number of piperidine rings is 1. The van der Waals surface area contributed by atoms with Gasteiger partial charge in [-0.1, -0.05) is 23.4 Å². The molecule has 2 aliphatic rings. The molecule has 1 saturated carbocycles. The van der Waals surface area contributed by atoms with Crippen LogP contribution in [-0.2, 0) is 11.2 Å². The number of aromatic nitrogens is 3. The minimum atomic E-state index is -0.0820. The first-order valence-corrected chi connectivity index (χ1v) is 9.47. The molecule has 1 unspecified atom stereocenters. The van der Waals surface area contributed by atoms with E-state index in [9.17, 15) is 4.79 Å². The lowest BCUT2D eigenvalue weighted by Crippen LogP contribution is -2.39. The maximum Gasteiger partial charge on any atom is 0.249 e. The first-order valence-electron chi connectivity index (χ1n) is 9.47. The number of aromatic amines is 1. The number of H-pyrrole nitrogens is 1. The van der Waals surface area contributed by atoms with Crippen LogP contribution >= 0.6 is 0 Å². The molecule has 0 radical (unpaired) electrons. The van der Waals surface area contributed by atoms with Gasteiger partial charge in [0.05, 0.1) is 6.42 Å². The molecule has 3 aromatic rings. The molecule has 2 aromatic heterocycles. The van der Waals surface area contributed by atoms with Crippen molar-refractivity contribution in [3.8, 4) is 0 Å². The highest BCUT2D eigenvalue weighted by Gasteiger charge is 2.35. The Labute approximate surface area is 151 Å². The quantitative estimate of drug-likeness (QED) is 0.778. The van der Waals surface area contributed by atoms with E-state index in [1.54, 1.807) is 0 Å². The van der Waals surface area contributed by atoms with Crippen LogP contribution in [0.5, 0.6) is 0 Å². The third-order valence-electron chi connectivity index (χ3n) is 5.52. The first-order chi connectivity index (χ1) is 12.8. The van der Waals surface area contributed by atoms with E-state index in [-0.39, 0.29) is 11.9 Å². The maximum absolute atomic E-state index is 13.1. The number of hydrogen-bond donors (Lipinski definition) is 1. The van der Waals surface area contributed by atoms with E-state index in [0.29, 0.717) is 18.2 Å². The van der Waals surface area contributed by atoms with Gasteiger partial charge >= 0.3 is 0 Å². The lowest BCUT2D eigenvalue weighted by molar-refractivity contribution is -0.135. The van der Waals surface area contributed by atoms with Gasteiger partial charge in [0.15, 0.2) is 5.82 Å². The topological polar surface area (TPSA) is 75.0 Å². The fourth-order valence-corrected chi connectivity index (χ4v) is 3.92. The Kier molecular flexibility index (Phi) is 3.76. The molecule has 1 atom stereocenters. The summed E-state index contributed by atoms with van der Waals surface area (Å²) < 4.78 is 5.53. The molecule has 3 heterocycles. The number of likely N-dealkylation sites (tertiary alicyclic amines) is 1. The van der Waals surface area contributed by atoms with Gasteiger partial charge in [-0.2, -0.15) is 4.98 Å². The molecule has 1 N–H and O–H groups in total. The van der Waals surface area contributed by atoms with E-state index in [1.165, 1.54) is 0 Å². The van der Waals surface area contributed by atoms with E-state index >= 15 is 0 Å². The Hall–Kier alpha value is -2.63. The Morgan fingerprint density at radius 2 is 2.12 bits per heavy atom. The monoisotopic (exact) mass is 350 g/mol. The number of benzene rings is 1. The predicted molar refractivity (Wildman–Crippen MR) is 96.6 cm³/mol. The number of carbonyl (C=O) groups excluding carboxylic acids is 1. The Bertz CT molecular complexity index is 940. The largest absolute Gasteiger partial charge is 0.361 e.